The van der Waals surface area contributed by atoms with E-state index in [9.17, 15) is 31.1 Å². The van der Waals surface area contributed by atoms with Gasteiger partial charge in [-0.25, -0.2) is 0 Å². The molecule has 0 aliphatic heterocycles. The Morgan fingerprint density at radius 3 is 1.74 bits per heavy atom. The quantitative estimate of drug-likeness (QED) is 0.450. The number of allylic oxidation sites excluding steroid dienone is 2. The van der Waals surface area contributed by atoms with Gasteiger partial charge in [0.05, 0.1) is 0 Å². The van der Waals surface area contributed by atoms with Gasteiger partial charge in [0.1, 0.15) is 5.57 Å². The Balaban J connectivity index is 3.17. The van der Waals surface area contributed by atoms with E-state index in [-0.39, 0.29) is 5.56 Å². The van der Waals surface area contributed by atoms with Gasteiger partial charge in [-0.05, 0) is 6.92 Å². The Labute approximate surface area is 104 Å². The van der Waals surface area contributed by atoms with Crippen LogP contribution in [-0.4, -0.2) is 18.1 Å². The number of aryl methyl sites for hydroxylation is 1. The molecule has 1 aromatic rings. The van der Waals surface area contributed by atoms with E-state index in [4.69, 9.17) is 0 Å². The Hall–Kier alpha value is -1.79. The number of halogens is 6. The molecule has 0 saturated carbocycles. The maximum absolute atomic E-state index is 12.2. The lowest BCUT2D eigenvalue weighted by Gasteiger charge is -2.14. The number of alkyl halides is 6. The minimum Gasteiger partial charge on any atom is -0.289 e. The molecule has 0 spiro atoms. The number of ketones is 1. The molecule has 1 aromatic carbocycles. The first-order valence-electron chi connectivity index (χ1n) is 4.99. The number of carbonyl (C=O) groups excluding carboxylic acids is 1. The van der Waals surface area contributed by atoms with Crippen molar-refractivity contribution >= 4 is 5.78 Å². The van der Waals surface area contributed by atoms with Gasteiger partial charge in [-0.2, -0.15) is 26.3 Å². The molecule has 0 aliphatic carbocycles. The van der Waals surface area contributed by atoms with Crippen LogP contribution in [0.15, 0.2) is 35.9 Å². The van der Waals surface area contributed by atoms with Gasteiger partial charge in [0.2, 0.25) is 0 Å². The second kappa shape index (κ2) is 5.07. The summed E-state index contributed by atoms with van der Waals surface area (Å²) in [7, 11) is 0. The minimum atomic E-state index is -5.63. The van der Waals surface area contributed by atoms with Crippen molar-refractivity contribution in [2.75, 3.05) is 0 Å². The fraction of sp³-hybridized carbons (Fsp3) is 0.250. The zero-order chi connectivity index (χ0) is 14.8. The summed E-state index contributed by atoms with van der Waals surface area (Å²) in [5.74, 6) is -1.34. The van der Waals surface area contributed by atoms with Crippen LogP contribution in [0.1, 0.15) is 15.9 Å². The van der Waals surface area contributed by atoms with E-state index >= 15 is 0 Å². The van der Waals surface area contributed by atoms with Crippen molar-refractivity contribution in [3.05, 3.63) is 47.0 Å². The monoisotopic (exact) mass is 282 g/mol. The van der Waals surface area contributed by atoms with Crippen molar-refractivity contribution in [3.8, 4) is 0 Å². The molecule has 0 radical (unpaired) electrons. The summed E-state index contributed by atoms with van der Waals surface area (Å²) < 4.78 is 73.3. The van der Waals surface area contributed by atoms with Gasteiger partial charge in [-0.15, -0.1) is 0 Å². The van der Waals surface area contributed by atoms with E-state index in [2.05, 4.69) is 0 Å². The maximum atomic E-state index is 12.2. The number of carbonyl (C=O) groups is 1. The molecular formula is C12H8F6O. The highest BCUT2D eigenvalue weighted by molar-refractivity contribution is 6.05. The predicted molar refractivity (Wildman–Crippen MR) is 55.7 cm³/mol. The fourth-order valence-corrected chi connectivity index (χ4v) is 1.26. The standard InChI is InChI=1S/C12H8F6O/c1-7-2-4-8(5-3-7)9(19)6-10(11(13,14)15)12(16,17)18/h2-6H,1H3. The van der Waals surface area contributed by atoms with Crippen molar-refractivity contribution in [3.63, 3.8) is 0 Å². The molecule has 0 atom stereocenters. The molecule has 19 heavy (non-hydrogen) atoms. The van der Waals surface area contributed by atoms with Crippen LogP contribution in [0.3, 0.4) is 0 Å². The molecule has 0 saturated heterocycles. The van der Waals surface area contributed by atoms with E-state index in [1.807, 2.05) is 0 Å². The average Bonchev–Trinajstić information content (AvgIpc) is 2.23. The Morgan fingerprint density at radius 1 is 0.947 bits per heavy atom. The van der Waals surface area contributed by atoms with E-state index in [1.54, 1.807) is 6.92 Å². The first kappa shape index (κ1) is 15.3. The molecule has 0 unspecified atom stereocenters. The van der Waals surface area contributed by atoms with Crippen LogP contribution in [0.4, 0.5) is 26.3 Å². The summed E-state index contributed by atoms with van der Waals surface area (Å²) in [6.07, 6.45) is -11.7. The Morgan fingerprint density at radius 2 is 1.37 bits per heavy atom. The van der Waals surface area contributed by atoms with Crippen molar-refractivity contribution in [1.29, 1.82) is 0 Å². The number of rotatable bonds is 2. The highest BCUT2D eigenvalue weighted by Gasteiger charge is 2.51. The summed E-state index contributed by atoms with van der Waals surface area (Å²) in [6.45, 7) is 1.67. The van der Waals surface area contributed by atoms with Gasteiger partial charge in [0.25, 0.3) is 0 Å². The summed E-state index contributed by atoms with van der Waals surface area (Å²) in [5.41, 5.74) is -2.32. The normalized spacial score (nSPS) is 12.2. The molecule has 0 aromatic heterocycles. The second-order valence-corrected chi connectivity index (χ2v) is 3.78. The third-order valence-electron chi connectivity index (χ3n) is 2.22. The predicted octanol–water partition coefficient (Wildman–Crippen LogP) is 4.23. The highest BCUT2D eigenvalue weighted by atomic mass is 19.4. The first-order chi connectivity index (χ1) is 8.51. The molecule has 0 aliphatic rings. The first-order valence-corrected chi connectivity index (χ1v) is 4.99. The van der Waals surface area contributed by atoms with E-state index in [0.29, 0.717) is 0 Å². The summed E-state index contributed by atoms with van der Waals surface area (Å²) in [6, 6.07) is 5.17. The van der Waals surface area contributed by atoms with Gasteiger partial charge in [0.15, 0.2) is 5.78 Å². The van der Waals surface area contributed by atoms with Crippen molar-refractivity contribution < 1.29 is 31.1 Å². The third-order valence-corrected chi connectivity index (χ3v) is 2.22. The Bertz CT molecular complexity index is 476. The number of hydrogen-bond acceptors (Lipinski definition) is 1. The molecule has 7 heteroatoms. The fourth-order valence-electron chi connectivity index (χ4n) is 1.26. The van der Waals surface area contributed by atoms with Gasteiger partial charge >= 0.3 is 12.4 Å². The lowest BCUT2D eigenvalue weighted by atomic mass is 10.1. The van der Waals surface area contributed by atoms with Gasteiger partial charge < -0.3 is 0 Å². The van der Waals surface area contributed by atoms with Crippen LogP contribution in [0.5, 0.6) is 0 Å². The summed E-state index contributed by atoms with van der Waals surface area (Å²) >= 11 is 0. The third kappa shape index (κ3) is 4.11. The van der Waals surface area contributed by atoms with E-state index in [1.165, 1.54) is 24.3 Å². The van der Waals surface area contributed by atoms with Crippen molar-refractivity contribution in [2.45, 2.75) is 19.3 Å². The van der Waals surface area contributed by atoms with Gasteiger partial charge in [0, 0.05) is 11.6 Å². The van der Waals surface area contributed by atoms with E-state index < -0.39 is 29.8 Å². The lowest BCUT2D eigenvalue weighted by molar-refractivity contribution is -0.171. The average molecular weight is 282 g/mol. The van der Waals surface area contributed by atoms with E-state index in [0.717, 1.165) is 5.56 Å². The molecule has 0 heterocycles. The molecule has 0 N–H and O–H groups in total. The van der Waals surface area contributed by atoms with Crippen LogP contribution >= 0.6 is 0 Å². The summed E-state index contributed by atoms with van der Waals surface area (Å²) in [5, 5.41) is 0. The molecule has 0 bridgehead atoms. The zero-order valence-corrected chi connectivity index (χ0v) is 9.56. The second-order valence-electron chi connectivity index (χ2n) is 3.78. The molecule has 0 fully saturated rings. The smallest absolute Gasteiger partial charge is 0.289 e. The maximum Gasteiger partial charge on any atom is 0.421 e. The van der Waals surface area contributed by atoms with Crippen LogP contribution in [0.2, 0.25) is 0 Å². The molecular weight excluding hydrogens is 274 g/mol. The van der Waals surface area contributed by atoms with Crippen molar-refractivity contribution in [1.82, 2.24) is 0 Å². The van der Waals surface area contributed by atoms with Gasteiger partial charge in [-0.1, -0.05) is 29.8 Å². The van der Waals surface area contributed by atoms with Crippen LogP contribution in [-0.2, 0) is 0 Å². The minimum absolute atomic E-state index is 0.239. The molecule has 0 amide bonds. The molecule has 104 valence electrons. The number of hydrogen-bond donors (Lipinski definition) is 0. The van der Waals surface area contributed by atoms with Crippen LogP contribution < -0.4 is 0 Å². The van der Waals surface area contributed by atoms with Crippen LogP contribution in [0, 0.1) is 6.92 Å². The van der Waals surface area contributed by atoms with Crippen LogP contribution in [0.25, 0.3) is 0 Å². The Kier molecular flexibility index (Phi) is 4.07. The SMILES string of the molecule is Cc1ccc(C(=O)C=C(C(F)(F)F)C(F)(F)F)cc1. The largest absolute Gasteiger partial charge is 0.421 e. The zero-order valence-electron chi connectivity index (χ0n) is 9.56. The molecule has 1 rings (SSSR count). The van der Waals surface area contributed by atoms with Crippen molar-refractivity contribution in [2.24, 2.45) is 0 Å². The summed E-state index contributed by atoms with van der Waals surface area (Å²) in [4.78, 5) is 11.4. The molecule has 1 nitrogen and oxygen atoms in total. The lowest BCUT2D eigenvalue weighted by Crippen LogP contribution is -2.27. The topological polar surface area (TPSA) is 17.1 Å². The van der Waals surface area contributed by atoms with Gasteiger partial charge in [-0.3, -0.25) is 4.79 Å². The number of benzene rings is 1. The highest BCUT2D eigenvalue weighted by Crippen LogP contribution is 2.38.